The van der Waals surface area contributed by atoms with Gasteiger partial charge in [-0.15, -0.1) is 0 Å². The molecule has 0 unspecified atom stereocenters. The van der Waals surface area contributed by atoms with Gasteiger partial charge < -0.3 is 4.98 Å². The molecule has 3 nitrogen and oxygen atoms in total. The van der Waals surface area contributed by atoms with Crippen LogP contribution in [0.5, 0.6) is 0 Å². The molecule has 0 aliphatic carbocycles. The first-order valence-corrected chi connectivity index (χ1v) is 5.25. The molecule has 3 heteroatoms. The summed E-state index contributed by atoms with van der Waals surface area (Å²) in [6.07, 6.45) is 2.80. The molecule has 0 saturated heterocycles. The van der Waals surface area contributed by atoms with Crippen molar-refractivity contribution in [1.29, 1.82) is 0 Å². The van der Waals surface area contributed by atoms with Crippen LogP contribution < -0.4 is 0 Å². The summed E-state index contributed by atoms with van der Waals surface area (Å²) < 4.78 is 0. The fourth-order valence-corrected chi connectivity index (χ4v) is 1.64. The van der Waals surface area contributed by atoms with Crippen molar-refractivity contribution in [2.24, 2.45) is 5.41 Å². The summed E-state index contributed by atoms with van der Waals surface area (Å²) in [5.41, 5.74) is 3.27. The monoisotopic (exact) mass is 203 g/mol. The minimum atomic E-state index is 0.253. The fraction of sp³-hybridized carbons (Fsp3) is 0.500. The van der Waals surface area contributed by atoms with E-state index in [9.17, 15) is 0 Å². The predicted molar refractivity (Wildman–Crippen MR) is 61.8 cm³/mol. The molecule has 0 radical (unpaired) electrons. The van der Waals surface area contributed by atoms with E-state index < -0.39 is 0 Å². The minimum absolute atomic E-state index is 0.253. The van der Waals surface area contributed by atoms with Crippen LogP contribution in [0.2, 0.25) is 0 Å². The predicted octanol–water partition coefficient (Wildman–Crippen LogP) is 2.85. The Morgan fingerprint density at radius 2 is 2.07 bits per heavy atom. The van der Waals surface area contributed by atoms with Crippen LogP contribution in [0.25, 0.3) is 11.2 Å². The van der Waals surface area contributed by atoms with Gasteiger partial charge in [0, 0.05) is 12.6 Å². The van der Waals surface area contributed by atoms with Gasteiger partial charge in [0.25, 0.3) is 0 Å². The highest BCUT2D eigenvalue weighted by Gasteiger charge is 2.14. The molecular weight excluding hydrogens is 186 g/mol. The summed E-state index contributed by atoms with van der Waals surface area (Å²) in [5.74, 6) is 1.02. The number of aromatic nitrogens is 3. The SMILES string of the molecule is Cc1cnc2nc(CC(C)(C)C)[nH]c2c1. The molecule has 2 heterocycles. The van der Waals surface area contributed by atoms with Crippen molar-refractivity contribution in [2.45, 2.75) is 34.1 Å². The van der Waals surface area contributed by atoms with E-state index >= 15 is 0 Å². The van der Waals surface area contributed by atoms with Crippen LogP contribution in [-0.4, -0.2) is 15.0 Å². The number of aromatic amines is 1. The smallest absolute Gasteiger partial charge is 0.177 e. The summed E-state index contributed by atoms with van der Waals surface area (Å²) in [5, 5.41) is 0. The fourth-order valence-electron chi connectivity index (χ4n) is 1.64. The van der Waals surface area contributed by atoms with E-state index in [4.69, 9.17) is 0 Å². The van der Waals surface area contributed by atoms with Crippen LogP contribution >= 0.6 is 0 Å². The number of fused-ring (bicyclic) bond motifs is 1. The molecule has 0 saturated carbocycles. The van der Waals surface area contributed by atoms with Gasteiger partial charge >= 0.3 is 0 Å². The number of hydrogen-bond acceptors (Lipinski definition) is 2. The molecule has 80 valence electrons. The highest BCUT2D eigenvalue weighted by Crippen LogP contribution is 2.20. The Morgan fingerprint density at radius 1 is 1.33 bits per heavy atom. The van der Waals surface area contributed by atoms with Gasteiger partial charge in [0.1, 0.15) is 5.82 Å². The largest absolute Gasteiger partial charge is 0.341 e. The van der Waals surface area contributed by atoms with Crippen molar-refractivity contribution in [2.75, 3.05) is 0 Å². The van der Waals surface area contributed by atoms with Crippen LogP contribution in [0, 0.1) is 12.3 Å². The minimum Gasteiger partial charge on any atom is -0.341 e. The zero-order valence-corrected chi connectivity index (χ0v) is 9.76. The van der Waals surface area contributed by atoms with Gasteiger partial charge in [-0.25, -0.2) is 9.97 Å². The first-order valence-electron chi connectivity index (χ1n) is 5.25. The van der Waals surface area contributed by atoms with Gasteiger partial charge in [-0.05, 0) is 24.0 Å². The molecule has 0 amide bonds. The molecule has 2 rings (SSSR count). The average molecular weight is 203 g/mol. The summed E-state index contributed by atoms with van der Waals surface area (Å²) in [6.45, 7) is 8.66. The van der Waals surface area contributed by atoms with Gasteiger partial charge in [-0.2, -0.15) is 0 Å². The van der Waals surface area contributed by atoms with E-state index in [1.165, 1.54) is 0 Å². The number of nitrogens with one attached hydrogen (secondary N) is 1. The molecule has 0 aromatic carbocycles. The van der Waals surface area contributed by atoms with E-state index in [2.05, 4.69) is 41.8 Å². The zero-order valence-electron chi connectivity index (χ0n) is 9.76. The van der Waals surface area contributed by atoms with Crippen LogP contribution in [0.15, 0.2) is 12.3 Å². The third kappa shape index (κ3) is 2.35. The summed E-state index contributed by atoms with van der Waals surface area (Å²) in [4.78, 5) is 12.1. The van der Waals surface area contributed by atoms with E-state index in [1.807, 2.05) is 13.1 Å². The number of aryl methyl sites for hydroxylation is 1. The van der Waals surface area contributed by atoms with Crippen molar-refractivity contribution in [3.05, 3.63) is 23.7 Å². The molecule has 0 aliphatic heterocycles. The first kappa shape index (κ1) is 10.1. The Kier molecular flexibility index (Phi) is 2.25. The molecule has 15 heavy (non-hydrogen) atoms. The lowest BCUT2D eigenvalue weighted by atomic mass is 9.92. The first-order chi connectivity index (χ1) is 6.94. The van der Waals surface area contributed by atoms with Crippen LogP contribution in [0.3, 0.4) is 0 Å². The third-order valence-electron chi connectivity index (χ3n) is 2.22. The number of nitrogens with zero attached hydrogens (tertiary/aromatic N) is 2. The van der Waals surface area contributed by atoms with Gasteiger partial charge in [0.2, 0.25) is 0 Å². The summed E-state index contributed by atoms with van der Waals surface area (Å²) in [7, 11) is 0. The lowest BCUT2D eigenvalue weighted by Gasteiger charge is -2.15. The highest BCUT2D eigenvalue weighted by atomic mass is 15.0. The highest BCUT2D eigenvalue weighted by molar-refractivity contribution is 5.70. The van der Waals surface area contributed by atoms with Gasteiger partial charge in [0.05, 0.1) is 5.52 Å². The van der Waals surface area contributed by atoms with Crippen LogP contribution in [0.1, 0.15) is 32.2 Å². The molecule has 0 aliphatic rings. The lowest BCUT2D eigenvalue weighted by molar-refractivity contribution is 0.402. The number of rotatable bonds is 1. The Balaban J connectivity index is 2.39. The molecule has 2 aromatic heterocycles. The second kappa shape index (κ2) is 3.33. The maximum Gasteiger partial charge on any atom is 0.177 e. The average Bonchev–Trinajstić information content (AvgIpc) is 2.42. The zero-order chi connectivity index (χ0) is 11.1. The second-order valence-corrected chi connectivity index (χ2v) is 5.30. The van der Waals surface area contributed by atoms with Gasteiger partial charge in [0.15, 0.2) is 5.65 Å². The van der Waals surface area contributed by atoms with Crippen molar-refractivity contribution >= 4 is 11.2 Å². The second-order valence-electron chi connectivity index (χ2n) is 5.30. The number of H-pyrrole nitrogens is 1. The topological polar surface area (TPSA) is 41.6 Å². The van der Waals surface area contributed by atoms with Crippen molar-refractivity contribution in [3.63, 3.8) is 0 Å². The Bertz CT molecular complexity index is 477. The third-order valence-corrected chi connectivity index (χ3v) is 2.22. The molecule has 0 atom stereocenters. The quantitative estimate of drug-likeness (QED) is 0.774. The van der Waals surface area contributed by atoms with Crippen LogP contribution in [-0.2, 0) is 6.42 Å². The van der Waals surface area contributed by atoms with E-state index in [1.54, 1.807) is 0 Å². The summed E-state index contributed by atoms with van der Waals surface area (Å²) >= 11 is 0. The summed E-state index contributed by atoms with van der Waals surface area (Å²) in [6, 6.07) is 2.08. The number of pyridine rings is 1. The van der Waals surface area contributed by atoms with Crippen molar-refractivity contribution < 1.29 is 0 Å². The van der Waals surface area contributed by atoms with E-state index in [0.29, 0.717) is 0 Å². The molecule has 0 spiro atoms. The maximum absolute atomic E-state index is 4.47. The maximum atomic E-state index is 4.47. The molecule has 1 N–H and O–H groups in total. The van der Waals surface area contributed by atoms with Gasteiger partial charge in [-0.3, -0.25) is 0 Å². The number of imidazole rings is 1. The molecular formula is C12H17N3. The van der Waals surface area contributed by atoms with Gasteiger partial charge in [-0.1, -0.05) is 20.8 Å². The lowest BCUT2D eigenvalue weighted by Crippen LogP contribution is -2.10. The Morgan fingerprint density at radius 3 is 2.73 bits per heavy atom. The van der Waals surface area contributed by atoms with E-state index in [0.717, 1.165) is 29.0 Å². The number of hydrogen-bond donors (Lipinski definition) is 1. The van der Waals surface area contributed by atoms with E-state index in [-0.39, 0.29) is 5.41 Å². The van der Waals surface area contributed by atoms with Crippen molar-refractivity contribution in [1.82, 2.24) is 15.0 Å². The van der Waals surface area contributed by atoms with Crippen LogP contribution in [0.4, 0.5) is 0 Å². The normalized spacial score (nSPS) is 12.3. The molecule has 0 bridgehead atoms. The molecule has 2 aromatic rings. The Hall–Kier alpha value is -1.38. The molecule has 0 fully saturated rings. The van der Waals surface area contributed by atoms with Crippen molar-refractivity contribution in [3.8, 4) is 0 Å². The standard InChI is InChI=1S/C12H17N3/c1-8-5-9-11(13-7-8)15-10(14-9)6-12(2,3)4/h5,7H,6H2,1-4H3,(H,13,14,15). The Labute approximate surface area is 90.0 Å².